The maximum absolute atomic E-state index is 13.2. The number of thioether (sulfide) groups is 1. The molecule has 0 fully saturated rings. The van der Waals surface area contributed by atoms with Crippen LogP contribution in [0.25, 0.3) is 11.4 Å². The van der Waals surface area contributed by atoms with Crippen molar-refractivity contribution in [3.8, 4) is 11.4 Å². The van der Waals surface area contributed by atoms with Gasteiger partial charge in [-0.05, 0) is 29.8 Å². The Kier molecular flexibility index (Phi) is 4.88. The Bertz CT molecular complexity index is 782. The van der Waals surface area contributed by atoms with E-state index in [4.69, 9.17) is 0 Å². The lowest BCUT2D eigenvalue weighted by atomic mass is 10.2. The number of aromatic nitrogens is 3. The molecule has 3 rings (SSSR count). The van der Waals surface area contributed by atoms with Gasteiger partial charge in [-0.1, -0.05) is 48.2 Å². The summed E-state index contributed by atoms with van der Waals surface area (Å²) >= 11 is 1.58. The molecule has 0 N–H and O–H groups in total. The van der Waals surface area contributed by atoms with E-state index >= 15 is 0 Å². The Morgan fingerprint density at radius 3 is 2.48 bits per heavy atom. The number of hydrogen-bond donors (Lipinski definition) is 0. The Labute approximate surface area is 138 Å². The molecule has 2 aromatic carbocycles. The number of halogens is 1. The van der Waals surface area contributed by atoms with E-state index < -0.39 is 0 Å². The third-order valence-electron chi connectivity index (χ3n) is 3.33. The normalized spacial score (nSPS) is 10.7. The average Bonchev–Trinajstić information content (AvgIpc) is 2.97. The quantitative estimate of drug-likeness (QED) is 0.497. The van der Waals surface area contributed by atoms with Crippen LogP contribution in [-0.4, -0.2) is 20.5 Å². The second-order valence-electron chi connectivity index (χ2n) is 4.98. The van der Waals surface area contributed by atoms with Crippen LogP contribution in [0, 0.1) is 5.82 Å². The van der Waals surface area contributed by atoms with Crippen molar-refractivity contribution in [3.05, 3.63) is 78.6 Å². The first-order chi connectivity index (χ1) is 11.3. The first-order valence-corrected chi connectivity index (χ1v) is 8.23. The topological polar surface area (TPSA) is 30.7 Å². The summed E-state index contributed by atoms with van der Waals surface area (Å²) in [6.45, 7) is 4.41. The van der Waals surface area contributed by atoms with Crippen molar-refractivity contribution in [1.29, 1.82) is 0 Å². The highest BCUT2D eigenvalue weighted by molar-refractivity contribution is 7.99. The van der Waals surface area contributed by atoms with Gasteiger partial charge in [-0.3, -0.25) is 4.57 Å². The minimum atomic E-state index is -0.260. The molecule has 1 heterocycles. The van der Waals surface area contributed by atoms with E-state index in [-0.39, 0.29) is 5.82 Å². The van der Waals surface area contributed by atoms with E-state index in [9.17, 15) is 4.39 Å². The van der Waals surface area contributed by atoms with Crippen LogP contribution in [0.4, 0.5) is 4.39 Å². The highest BCUT2D eigenvalue weighted by Gasteiger charge is 2.14. The molecule has 0 bridgehead atoms. The summed E-state index contributed by atoms with van der Waals surface area (Å²) in [5, 5.41) is 9.41. The Balaban J connectivity index is 2.00. The first-order valence-electron chi connectivity index (χ1n) is 7.24. The highest BCUT2D eigenvalue weighted by Crippen LogP contribution is 2.25. The van der Waals surface area contributed by atoms with Crippen molar-refractivity contribution >= 4 is 11.8 Å². The minimum absolute atomic E-state index is 0.260. The van der Waals surface area contributed by atoms with E-state index in [0.717, 1.165) is 27.9 Å². The molecular weight excluding hydrogens is 309 g/mol. The van der Waals surface area contributed by atoms with Crippen LogP contribution in [0.3, 0.4) is 0 Å². The molecule has 3 aromatic rings. The average molecular weight is 325 g/mol. The van der Waals surface area contributed by atoms with Crippen molar-refractivity contribution in [1.82, 2.24) is 14.8 Å². The van der Waals surface area contributed by atoms with Crippen molar-refractivity contribution in [3.63, 3.8) is 0 Å². The Hall–Kier alpha value is -2.40. The lowest BCUT2D eigenvalue weighted by Gasteiger charge is -2.10. The van der Waals surface area contributed by atoms with Gasteiger partial charge in [0.1, 0.15) is 5.82 Å². The van der Waals surface area contributed by atoms with Gasteiger partial charge in [0.15, 0.2) is 11.0 Å². The van der Waals surface area contributed by atoms with Gasteiger partial charge < -0.3 is 0 Å². The molecule has 0 amide bonds. The maximum Gasteiger partial charge on any atom is 0.192 e. The predicted octanol–water partition coefficient (Wildman–Crippen LogP) is 4.41. The van der Waals surface area contributed by atoms with Gasteiger partial charge in [-0.2, -0.15) is 0 Å². The summed E-state index contributed by atoms with van der Waals surface area (Å²) in [5.74, 6) is 1.24. The molecule has 1 aromatic heterocycles. The second-order valence-corrected chi connectivity index (χ2v) is 5.97. The fraction of sp³-hybridized carbons (Fsp3) is 0.111. The molecule has 0 aliphatic heterocycles. The number of hydrogen-bond acceptors (Lipinski definition) is 3. The highest BCUT2D eigenvalue weighted by atomic mass is 32.2. The molecule has 0 unspecified atom stereocenters. The summed E-state index contributed by atoms with van der Waals surface area (Å²) in [4.78, 5) is 0. The van der Waals surface area contributed by atoms with Crippen LogP contribution in [0.1, 0.15) is 5.56 Å². The van der Waals surface area contributed by atoms with Gasteiger partial charge in [0.05, 0.1) is 6.54 Å². The van der Waals surface area contributed by atoms with E-state index in [1.807, 2.05) is 24.3 Å². The van der Waals surface area contributed by atoms with E-state index in [1.165, 1.54) is 12.1 Å². The number of nitrogens with zero attached hydrogens (tertiary/aromatic N) is 3. The van der Waals surface area contributed by atoms with E-state index in [2.05, 4.69) is 33.5 Å². The lowest BCUT2D eigenvalue weighted by molar-refractivity contribution is 0.628. The summed E-state index contributed by atoms with van der Waals surface area (Å²) in [7, 11) is 0. The monoisotopic (exact) mass is 325 g/mol. The zero-order valence-electron chi connectivity index (χ0n) is 12.5. The molecule has 0 spiro atoms. The largest absolute Gasteiger partial charge is 0.298 e. The van der Waals surface area contributed by atoms with Gasteiger partial charge in [0.2, 0.25) is 0 Å². The zero-order chi connectivity index (χ0) is 16.1. The van der Waals surface area contributed by atoms with Crippen LogP contribution >= 0.6 is 11.8 Å². The van der Waals surface area contributed by atoms with Crippen molar-refractivity contribution in [2.24, 2.45) is 0 Å². The van der Waals surface area contributed by atoms with Crippen LogP contribution in [-0.2, 0) is 6.54 Å². The van der Waals surface area contributed by atoms with Crippen LogP contribution < -0.4 is 0 Å². The van der Waals surface area contributed by atoms with Crippen molar-refractivity contribution in [2.75, 3.05) is 5.75 Å². The third kappa shape index (κ3) is 3.68. The van der Waals surface area contributed by atoms with Gasteiger partial charge in [-0.15, -0.1) is 16.8 Å². The summed E-state index contributed by atoms with van der Waals surface area (Å²) in [6, 6.07) is 16.5. The van der Waals surface area contributed by atoms with E-state index in [0.29, 0.717) is 6.54 Å². The summed E-state index contributed by atoms with van der Waals surface area (Å²) < 4.78 is 15.2. The van der Waals surface area contributed by atoms with Crippen LogP contribution in [0.2, 0.25) is 0 Å². The molecule has 0 aliphatic rings. The summed E-state index contributed by atoms with van der Waals surface area (Å²) in [6.07, 6.45) is 1.84. The standard InChI is InChI=1S/C18H16FN3S/c1-2-12-23-18-21-20-17(15-8-10-16(19)11-9-15)22(18)13-14-6-4-3-5-7-14/h2-11H,1,12-13H2. The Morgan fingerprint density at radius 1 is 1.04 bits per heavy atom. The summed E-state index contributed by atoms with van der Waals surface area (Å²) in [5.41, 5.74) is 2.01. The van der Waals surface area contributed by atoms with Crippen LogP contribution in [0.15, 0.2) is 72.4 Å². The fourth-order valence-corrected chi connectivity index (χ4v) is 2.92. The Morgan fingerprint density at radius 2 is 1.78 bits per heavy atom. The molecule has 3 nitrogen and oxygen atoms in total. The molecule has 23 heavy (non-hydrogen) atoms. The SMILES string of the molecule is C=CCSc1nnc(-c2ccc(F)cc2)n1Cc1ccccc1. The lowest BCUT2D eigenvalue weighted by Crippen LogP contribution is -2.04. The molecule has 0 saturated carbocycles. The molecule has 0 aliphatic carbocycles. The molecular formula is C18H16FN3S. The number of rotatable bonds is 6. The molecule has 116 valence electrons. The van der Waals surface area contributed by atoms with Gasteiger partial charge in [-0.25, -0.2) is 4.39 Å². The first kappa shape index (κ1) is 15.5. The third-order valence-corrected chi connectivity index (χ3v) is 4.30. The maximum atomic E-state index is 13.2. The number of benzene rings is 2. The zero-order valence-corrected chi connectivity index (χ0v) is 13.3. The van der Waals surface area contributed by atoms with Crippen LogP contribution in [0.5, 0.6) is 0 Å². The molecule has 0 saturated heterocycles. The smallest absolute Gasteiger partial charge is 0.192 e. The predicted molar refractivity (Wildman–Crippen MR) is 91.9 cm³/mol. The second kappa shape index (κ2) is 7.24. The molecule has 0 radical (unpaired) electrons. The van der Waals surface area contributed by atoms with Gasteiger partial charge in [0.25, 0.3) is 0 Å². The molecule has 0 atom stereocenters. The van der Waals surface area contributed by atoms with Crippen molar-refractivity contribution in [2.45, 2.75) is 11.7 Å². The molecule has 5 heteroatoms. The van der Waals surface area contributed by atoms with E-state index in [1.54, 1.807) is 23.9 Å². The van der Waals surface area contributed by atoms with Gasteiger partial charge in [0, 0.05) is 11.3 Å². The van der Waals surface area contributed by atoms with Crippen molar-refractivity contribution < 1.29 is 4.39 Å². The fourth-order valence-electron chi connectivity index (χ4n) is 2.25. The minimum Gasteiger partial charge on any atom is -0.298 e. The van der Waals surface area contributed by atoms with Gasteiger partial charge >= 0.3 is 0 Å².